The lowest BCUT2D eigenvalue weighted by Crippen LogP contribution is -2.44. The second kappa shape index (κ2) is 9.45. The van der Waals surface area contributed by atoms with Crippen molar-refractivity contribution in [3.05, 3.63) is 53.9 Å². The number of nitrogens with zero attached hydrogens (tertiary/aromatic N) is 2. The Kier molecular flexibility index (Phi) is 7.25. The summed E-state index contributed by atoms with van der Waals surface area (Å²) in [6, 6.07) is 11.3. The predicted octanol–water partition coefficient (Wildman–Crippen LogP) is 3.57. The largest absolute Gasteiger partial charge is 0.445 e. The lowest BCUT2D eigenvalue weighted by atomic mass is 10.0. The van der Waals surface area contributed by atoms with Crippen LogP contribution in [0.25, 0.3) is 0 Å². The van der Waals surface area contributed by atoms with Crippen molar-refractivity contribution in [1.29, 1.82) is 0 Å². The second-order valence-corrected chi connectivity index (χ2v) is 8.20. The number of alkyl carbamates (subject to hydrolysis) is 2. The normalized spacial score (nSPS) is 11.6. The monoisotopic (exact) mass is 402 g/mol. The van der Waals surface area contributed by atoms with Gasteiger partial charge in [0.1, 0.15) is 12.2 Å². The van der Waals surface area contributed by atoms with Gasteiger partial charge in [-0.05, 0) is 46.2 Å². The number of carbonyl (C=O) groups excluding carboxylic acids is 2. The van der Waals surface area contributed by atoms with Gasteiger partial charge in [0.25, 0.3) is 0 Å². The highest BCUT2D eigenvalue weighted by atomic mass is 16.6. The maximum absolute atomic E-state index is 12.0. The van der Waals surface area contributed by atoms with Crippen LogP contribution in [-0.2, 0) is 28.2 Å². The van der Waals surface area contributed by atoms with Crippen LogP contribution in [0.3, 0.4) is 0 Å². The SMILES string of the molecule is CC(C)(C)OC(=O)NC(C)(C)c1ccn(CCNC(=O)OCc2ccccc2)n1. The Morgan fingerprint density at radius 3 is 2.38 bits per heavy atom. The average molecular weight is 402 g/mol. The smallest absolute Gasteiger partial charge is 0.408 e. The summed E-state index contributed by atoms with van der Waals surface area (Å²) in [6.45, 7) is 10.2. The zero-order valence-electron chi connectivity index (χ0n) is 17.7. The second-order valence-electron chi connectivity index (χ2n) is 8.20. The molecular formula is C21H30N4O4. The van der Waals surface area contributed by atoms with Gasteiger partial charge in [-0.1, -0.05) is 30.3 Å². The molecular weight excluding hydrogens is 372 g/mol. The number of carbonyl (C=O) groups is 2. The van der Waals surface area contributed by atoms with Gasteiger partial charge < -0.3 is 20.1 Å². The number of hydrogen-bond donors (Lipinski definition) is 2. The molecule has 2 aromatic rings. The Balaban J connectivity index is 1.77. The van der Waals surface area contributed by atoms with Crippen molar-refractivity contribution >= 4 is 12.2 Å². The Labute approximate surface area is 171 Å². The van der Waals surface area contributed by atoms with E-state index in [1.54, 1.807) is 10.9 Å². The fourth-order valence-corrected chi connectivity index (χ4v) is 2.49. The Morgan fingerprint density at radius 2 is 1.72 bits per heavy atom. The molecule has 0 atom stereocenters. The van der Waals surface area contributed by atoms with Crippen LogP contribution in [0.15, 0.2) is 42.6 Å². The van der Waals surface area contributed by atoms with Crippen molar-refractivity contribution in [2.45, 2.75) is 58.9 Å². The molecule has 1 aromatic carbocycles. The molecule has 2 N–H and O–H groups in total. The standard InChI is InChI=1S/C21H30N4O4/c1-20(2,3)29-19(27)23-21(4,5)17-11-13-25(24-17)14-12-22-18(26)28-15-16-9-7-6-8-10-16/h6-11,13H,12,14-15H2,1-5H3,(H,22,26)(H,23,27). The van der Waals surface area contributed by atoms with Gasteiger partial charge in [0.15, 0.2) is 0 Å². The molecule has 0 aliphatic heterocycles. The third-order valence-corrected chi connectivity index (χ3v) is 3.92. The summed E-state index contributed by atoms with van der Waals surface area (Å²) in [5, 5.41) is 9.99. The van der Waals surface area contributed by atoms with Crippen molar-refractivity contribution in [3.63, 3.8) is 0 Å². The highest BCUT2D eigenvalue weighted by Crippen LogP contribution is 2.19. The highest BCUT2D eigenvalue weighted by Gasteiger charge is 2.28. The van der Waals surface area contributed by atoms with Crippen LogP contribution in [0.1, 0.15) is 45.9 Å². The van der Waals surface area contributed by atoms with E-state index in [2.05, 4.69) is 15.7 Å². The van der Waals surface area contributed by atoms with E-state index in [4.69, 9.17) is 9.47 Å². The van der Waals surface area contributed by atoms with Crippen LogP contribution in [0, 0.1) is 0 Å². The Hall–Kier alpha value is -3.03. The summed E-state index contributed by atoms with van der Waals surface area (Å²) in [5.74, 6) is 0. The molecule has 29 heavy (non-hydrogen) atoms. The summed E-state index contributed by atoms with van der Waals surface area (Å²) in [7, 11) is 0. The van der Waals surface area contributed by atoms with Gasteiger partial charge in [-0.25, -0.2) is 9.59 Å². The third-order valence-electron chi connectivity index (χ3n) is 3.92. The molecule has 0 saturated carbocycles. The number of aromatic nitrogens is 2. The van der Waals surface area contributed by atoms with E-state index >= 15 is 0 Å². The predicted molar refractivity (Wildman–Crippen MR) is 109 cm³/mol. The summed E-state index contributed by atoms with van der Waals surface area (Å²) < 4.78 is 12.2. The molecule has 2 amide bonds. The first-order valence-electron chi connectivity index (χ1n) is 9.55. The molecule has 0 saturated heterocycles. The molecule has 158 valence electrons. The number of ether oxygens (including phenoxy) is 2. The maximum atomic E-state index is 12.0. The van der Waals surface area contributed by atoms with Gasteiger partial charge in [0, 0.05) is 12.7 Å². The van der Waals surface area contributed by atoms with Gasteiger partial charge in [0.2, 0.25) is 0 Å². The van der Waals surface area contributed by atoms with E-state index < -0.39 is 23.3 Å². The fourth-order valence-electron chi connectivity index (χ4n) is 2.49. The van der Waals surface area contributed by atoms with Crippen LogP contribution in [0.4, 0.5) is 9.59 Å². The van der Waals surface area contributed by atoms with E-state index in [0.29, 0.717) is 18.8 Å². The third kappa shape index (κ3) is 7.85. The van der Waals surface area contributed by atoms with Crippen LogP contribution in [0.5, 0.6) is 0 Å². The van der Waals surface area contributed by atoms with E-state index in [0.717, 1.165) is 5.56 Å². The zero-order chi connectivity index (χ0) is 21.5. The minimum absolute atomic E-state index is 0.225. The first-order chi connectivity index (χ1) is 13.5. The van der Waals surface area contributed by atoms with Gasteiger partial charge in [-0.3, -0.25) is 4.68 Å². The van der Waals surface area contributed by atoms with Crippen molar-refractivity contribution in [2.24, 2.45) is 0 Å². The molecule has 0 radical (unpaired) electrons. The molecule has 8 heteroatoms. The van der Waals surface area contributed by atoms with Gasteiger partial charge >= 0.3 is 12.2 Å². The molecule has 0 aliphatic carbocycles. The summed E-state index contributed by atoms with van der Waals surface area (Å²) >= 11 is 0. The molecule has 0 unspecified atom stereocenters. The van der Waals surface area contributed by atoms with E-state index in [1.807, 2.05) is 71.0 Å². The van der Waals surface area contributed by atoms with Crippen LogP contribution < -0.4 is 10.6 Å². The first kappa shape index (κ1) is 22.3. The van der Waals surface area contributed by atoms with Crippen molar-refractivity contribution in [1.82, 2.24) is 20.4 Å². The van der Waals surface area contributed by atoms with Crippen LogP contribution >= 0.6 is 0 Å². The van der Waals surface area contributed by atoms with Crippen LogP contribution in [-0.4, -0.2) is 34.1 Å². The number of benzene rings is 1. The lowest BCUT2D eigenvalue weighted by molar-refractivity contribution is 0.0468. The topological polar surface area (TPSA) is 94.5 Å². The first-order valence-corrected chi connectivity index (χ1v) is 9.55. The number of nitrogens with one attached hydrogen (secondary N) is 2. The highest BCUT2D eigenvalue weighted by molar-refractivity contribution is 5.69. The van der Waals surface area contributed by atoms with Crippen molar-refractivity contribution < 1.29 is 19.1 Å². The van der Waals surface area contributed by atoms with Crippen molar-refractivity contribution in [3.8, 4) is 0 Å². The Bertz CT molecular complexity index is 810. The Morgan fingerprint density at radius 1 is 1.03 bits per heavy atom. The molecule has 0 aliphatic rings. The van der Waals surface area contributed by atoms with Gasteiger partial charge in [0.05, 0.1) is 17.8 Å². The zero-order valence-corrected chi connectivity index (χ0v) is 17.7. The van der Waals surface area contributed by atoms with Gasteiger partial charge in [-0.2, -0.15) is 5.10 Å². The molecule has 1 heterocycles. The minimum atomic E-state index is -0.699. The van der Waals surface area contributed by atoms with E-state index in [-0.39, 0.29) is 6.61 Å². The molecule has 0 fully saturated rings. The molecule has 0 spiro atoms. The fraction of sp³-hybridized carbons (Fsp3) is 0.476. The molecule has 0 bridgehead atoms. The number of hydrogen-bond acceptors (Lipinski definition) is 5. The van der Waals surface area contributed by atoms with Crippen molar-refractivity contribution in [2.75, 3.05) is 6.54 Å². The van der Waals surface area contributed by atoms with Gasteiger partial charge in [-0.15, -0.1) is 0 Å². The number of rotatable bonds is 7. The van der Waals surface area contributed by atoms with E-state index in [9.17, 15) is 9.59 Å². The maximum Gasteiger partial charge on any atom is 0.408 e. The molecule has 1 aromatic heterocycles. The minimum Gasteiger partial charge on any atom is -0.445 e. The lowest BCUT2D eigenvalue weighted by Gasteiger charge is -2.27. The summed E-state index contributed by atoms with van der Waals surface area (Å²) in [6.07, 6.45) is 0.818. The number of amides is 2. The summed E-state index contributed by atoms with van der Waals surface area (Å²) in [5.41, 5.74) is 0.352. The molecule has 8 nitrogen and oxygen atoms in total. The average Bonchev–Trinajstić information content (AvgIpc) is 3.08. The van der Waals surface area contributed by atoms with E-state index in [1.165, 1.54) is 0 Å². The molecule has 2 rings (SSSR count). The quantitative estimate of drug-likeness (QED) is 0.738. The summed E-state index contributed by atoms with van der Waals surface area (Å²) in [4.78, 5) is 23.8. The van der Waals surface area contributed by atoms with Crippen LogP contribution in [0.2, 0.25) is 0 Å².